The summed E-state index contributed by atoms with van der Waals surface area (Å²) in [6.07, 6.45) is 1.76. The first-order valence-corrected chi connectivity index (χ1v) is 6.96. The largest absolute Gasteiger partial charge is 0.249 e. The highest BCUT2D eigenvalue weighted by Gasteiger charge is 1.95. The van der Waals surface area contributed by atoms with Crippen molar-refractivity contribution < 1.29 is 14.6 Å². The van der Waals surface area contributed by atoms with Gasteiger partial charge in [0.05, 0.1) is 0 Å². The maximum atomic E-state index is 7.84. The average Bonchev–Trinajstić information content (AvgIpc) is 2.25. The molecule has 0 aromatic carbocycles. The molecular weight excluding hydrogens is 242 g/mol. The SMILES string of the molecule is OOOSCCSSc1ccccn1. The summed E-state index contributed by atoms with van der Waals surface area (Å²) in [5.41, 5.74) is 0. The molecule has 0 aliphatic heterocycles. The van der Waals surface area contributed by atoms with Crippen LogP contribution in [0.2, 0.25) is 0 Å². The fourth-order valence-electron chi connectivity index (χ4n) is 0.622. The maximum Gasteiger partial charge on any atom is 0.106 e. The van der Waals surface area contributed by atoms with E-state index in [2.05, 4.69) is 14.4 Å². The Kier molecular flexibility index (Phi) is 7.28. The summed E-state index contributed by atoms with van der Waals surface area (Å²) in [6, 6.07) is 5.79. The fraction of sp³-hybridized carbons (Fsp3) is 0.286. The molecule has 0 amide bonds. The molecule has 1 rings (SSSR count). The number of pyridine rings is 1. The van der Waals surface area contributed by atoms with Gasteiger partial charge in [0.1, 0.15) is 5.03 Å². The lowest BCUT2D eigenvalue weighted by molar-refractivity contribution is -0.432. The van der Waals surface area contributed by atoms with Gasteiger partial charge in [0.15, 0.2) is 0 Å². The van der Waals surface area contributed by atoms with Crippen LogP contribution in [0.15, 0.2) is 29.4 Å². The summed E-state index contributed by atoms with van der Waals surface area (Å²) in [5, 5.41) is 12.3. The summed E-state index contributed by atoms with van der Waals surface area (Å²) in [5.74, 6) is 1.63. The Labute approximate surface area is 94.2 Å². The van der Waals surface area contributed by atoms with Crippen molar-refractivity contribution in [2.75, 3.05) is 11.5 Å². The van der Waals surface area contributed by atoms with E-state index >= 15 is 0 Å². The van der Waals surface area contributed by atoms with Crippen LogP contribution >= 0.6 is 33.6 Å². The molecule has 4 nitrogen and oxygen atoms in total. The van der Waals surface area contributed by atoms with Gasteiger partial charge in [-0.3, -0.25) is 0 Å². The molecule has 1 aromatic heterocycles. The van der Waals surface area contributed by atoms with Crippen molar-refractivity contribution in [3.05, 3.63) is 24.4 Å². The monoisotopic (exact) mass is 251 g/mol. The highest BCUT2D eigenvalue weighted by molar-refractivity contribution is 8.76. The molecule has 0 saturated carbocycles. The molecule has 0 spiro atoms. The van der Waals surface area contributed by atoms with Gasteiger partial charge in [0.25, 0.3) is 0 Å². The molecule has 0 saturated heterocycles. The van der Waals surface area contributed by atoms with E-state index in [0.29, 0.717) is 0 Å². The van der Waals surface area contributed by atoms with Crippen LogP contribution in [-0.2, 0) is 9.37 Å². The molecule has 0 aliphatic rings. The quantitative estimate of drug-likeness (QED) is 0.263. The van der Waals surface area contributed by atoms with E-state index in [0.717, 1.165) is 28.6 Å². The Balaban J connectivity index is 1.99. The zero-order valence-electron chi connectivity index (χ0n) is 7.16. The Morgan fingerprint density at radius 3 is 3.00 bits per heavy atom. The predicted molar refractivity (Wildman–Crippen MR) is 59.8 cm³/mol. The van der Waals surface area contributed by atoms with E-state index in [1.807, 2.05) is 18.2 Å². The average molecular weight is 251 g/mol. The van der Waals surface area contributed by atoms with Crippen LogP contribution < -0.4 is 0 Å². The van der Waals surface area contributed by atoms with E-state index in [1.54, 1.807) is 27.8 Å². The first-order chi connectivity index (χ1) is 6.93. The Bertz CT molecular complexity index is 237. The van der Waals surface area contributed by atoms with Crippen molar-refractivity contribution in [3.8, 4) is 0 Å². The normalized spacial score (nSPS) is 10.4. The number of hydrogen-bond donors (Lipinski definition) is 1. The van der Waals surface area contributed by atoms with E-state index in [4.69, 9.17) is 5.26 Å². The molecule has 1 aromatic rings. The van der Waals surface area contributed by atoms with Crippen molar-refractivity contribution in [1.82, 2.24) is 4.98 Å². The zero-order chi connectivity index (χ0) is 10.1. The lowest BCUT2D eigenvalue weighted by Crippen LogP contribution is -1.85. The van der Waals surface area contributed by atoms with Crippen LogP contribution in [0.1, 0.15) is 0 Å². The molecule has 1 N–H and O–H groups in total. The maximum absolute atomic E-state index is 7.84. The van der Waals surface area contributed by atoms with Gasteiger partial charge in [-0.05, 0) is 22.9 Å². The minimum atomic E-state index is 0.741. The van der Waals surface area contributed by atoms with Crippen LogP contribution in [0.4, 0.5) is 0 Å². The first-order valence-electron chi connectivity index (χ1n) is 3.73. The Hall–Kier alpha value is 0.0800. The molecule has 0 aliphatic carbocycles. The second-order valence-electron chi connectivity index (χ2n) is 2.04. The van der Waals surface area contributed by atoms with Crippen molar-refractivity contribution in [1.29, 1.82) is 0 Å². The van der Waals surface area contributed by atoms with Gasteiger partial charge in [-0.15, -0.1) is 4.33 Å². The van der Waals surface area contributed by atoms with Crippen LogP contribution in [0.5, 0.6) is 0 Å². The smallest absolute Gasteiger partial charge is 0.106 e. The second kappa shape index (κ2) is 8.39. The highest BCUT2D eigenvalue weighted by atomic mass is 33.1. The lowest BCUT2D eigenvalue weighted by atomic mass is 10.5. The molecule has 0 unspecified atom stereocenters. The first kappa shape index (κ1) is 12.2. The van der Waals surface area contributed by atoms with Gasteiger partial charge in [0, 0.05) is 29.7 Å². The van der Waals surface area contributed by atoms with Crippen LogP contribution in [0.3, 0.4) is 0 Å². The van der Waals surface area contributed by atoms with Gasteiger partial charge in [-0.25, -0.2) is 10.2 Å². The van der Waals surface area contributed by atoms with Crippen molar-refractivity contribution >= 4 is 33.6 Å². The molecule has 1 heterocycles. The Morgan fingerprint density at radius 1 is 1.36 bits per heavy atom. The summed E-state index contributed by atoms with van der Waals surface area (Å²) < 4.78 is 4.22. The van der Waals surface area contributed by atoms with E-state index in [1.165, 1.54) is 0 Å². The molecule has 14 heavy (non-hydrogen) atoms. The van der Waals surface area contributed by atoms with Gasteiger partial charge in [-0.2, -0.15) is 0 Å². The molecule has 0 fully saturated rings. The van der Waals surface area contributed by atoms with E-state index in [9.17, 15) is 0 Å². The third-order valence-corrected chi connectivity index (χ3v) is 4.16. The summed E-state index contributed by atoms with van der Waals surface area (Å²) in [7, 11) is 3.28. The van der Waals surface area contributed by atoms with Crippen molar-refractivity contribution in [2.45, 2.75) is 5.03 Å². The number of nitrogens with zero attached hydrogens (tertiary/aromatic N) is 1. The Morgan fingerprint density at radius 2 is 2.29 bits per heavy atom. The summed E-state index contributed by atoms with van der Waals surface area (Å²) in [4.78, 5) is 4.15. The van der Waals surface area contributed by atoms with Crippen LogP contribution in [0, 0.1) is 0 Å². The van der Waals surface area contributed by atoms with Crippen LogP contribution in [-0.4, -0.2) is 21.7 Å². The molecular formula is C7H9NO3S3. The molecule has 78 valence electrons. The van der Waals surface area contributed by atoms with Crippen molar-refractivity contribution in [2.24, 2.45) is 0 Å². The van der Waals surface area contributed by atoms with E-state index in [-0.39, 0.29) is 0 Å². The molecule has 0 bridgehead atoms. The third-order valence-electron chi connectivity index (χ3n) is 1.11. The third kappa shape index (κ3) is 5.74. The second-order valence-corrected chi connectivity index (χ2v) is 5.25. The number of aromatic nitrogens is 1. The lowest BCUT2D eigenvalue weighted by Gasteiger charge is -1.98. The van der Waals surface area contributed by atoms with E-state index < -0.39 is 0 Å². The van der Waals surface area contributed by atoms with Gasteiger partial charge < -0.3 is 0 Å². The minimum absolute atomic E-state index is 0.741. The molecule has 7 heteroatoms. The minimum Gasteiger partial charge on any atom is -0.249 e. The number of rotatable bonds is 7. The molecule has 0 radical (unpaired) electrons. The van der Waals surface area contributed by atoms with Gasteiger partial charge >= 0.3 is 0 Å². The number of hydrogen-bond acceptors (Lipinski definition) is 7. The fourth-order valence-corrected chi connectivity index (χ4v) is 3.24. The standard InChI is InChI=1S/C7H9NO3S3/c9-10-11-12-5-6-13-14-7-3-1-2-4-8-7/h1-4,9H,5-6H2. The van der Waals surface area contributed by atoms with Gasteiger partial charge in [0.2, 0.25) is 0 Å². The summed E-state index contributed by atoms with van der Waals surface area (Å²) in [6.45, 7) is 0. The van der Waals surface area contributed by atoms with Gasteiger partial charge in [-0.1, -0.05) is 21.9 Å². The zero-order valence-corrected chi connectivity index (χ0v) is 9.61. The highest BCUT2D eigenvalue weighted by Crippen LogP contribution is 2.29. The van der Waals surface area contributed by atoms with Crippen molar-refractivity contribution in [3.63, 3.8) is 0 Å². The topological polar surface area (TPSA) is 51.6 Å². The predicted octanol–water partition coefficient (Wildman–Crippen LogP) is 2.89. The molecule has 0 atom stereocenters. The van der Waals surface area contributed by atoms with Crippen LogP contribution in [0.25, 0.3) is 0 Å². The summed E-state index contributed by atoms with van der Waals surface area (Å²) >= 11 is 1.06.